The van der Waals surface area contributed by atoms with Crippen LogP contribution in [0.1, 0.15) is 11.7 Å². The minimum absolute atomic E-state index is 0.0335. The zero-order chi connectivity index (χ0) is 8.39. The van der Waals surface area contributed by atoms with Crippen molar-refractivity contribution in [3.05, 3.63) is 35.9 Å². The van der Waals surface area contributed by atoms with E-state index in [1.54, 1.807) is 6.21 Å². The summed E-state index contributed by atoms with van der Waals surface area (Å²) in [4.78, 5) is 5.37. The number of nitrogens with zero attached hydrogens (tertiary/aromatic N) is 1. The van der Waals surface area contributed by atoms with Gasteiger partial charge in [-0.15, -0.1) is 0 Å². The van der Waals surface area contributed by atoms with Crippen LogP contribution in [0.5, 0.6) is 0 Å². The van der Waals surface area contributed by atoms with Crippen molar-refractivity contribution in [3.8, 4) is 0 Å². The van der Waals surface area contributed by atoms with Gasteiger partial charge in [0.2, 0.25) is 0 Å². The summed E-state index contributed by atoms with van der Waals surface area (Å²) in [6, 6.07) is 10.1. The Balaban J connectivity index is 2.22. The first-order valence-electron chi connectivity index (χ1n) is 3.76. The van der Waals surface area contributed by atoms with E-state index in [1.165, 1.54) is 0 Å². The minimum atomic E-state index is 0.0335. The Hall–Kier alpha value is -0.830. The van der Waals surface area contributed by atoms with E-state index < -0.39 is 0 Å². The Morgan fingerprint density at radius 3 is 2.58 bits per heavy atom. The highest BCUT2D eigenvalue weighted by molar-refractivity contribution is 9.10. The average Bonchev–Trinajstić information content (AvgIpc) is 2.53. The van der Waals surface area contributed by atoms with Gasteiger partial charge in [0.15, 0.2) is 6.10 Å². The molecule has 0 bridgehead atoms. The molecule has 1 aliphatic heterocycles. The molecule has 0 saturated carbocycles. The van der Waals surface area contributed by atoms with Gasteiger partial charge >= 0.3 is 0 Å². The zero-order valence-electron chi connectivity index (χ0n) is 6.35. The highest BCUT2D eigenvalue weighted by Gasteiger charge is 2.25. The number of rotatable bonds is 1. The van der Waals surface area contributed by atoms with Crippen LogP contribution in [0.3, 0.4) is 0 Å². The van der Waals surface area contributed by atoms with Crippen LogP contribution >= 0.6 is 15.9 Å². The molecule has 2 atom stereocenters. The molecule has 0 N–H and O–H groups in total. The van der Waals surface area contributed by atoms with Crippen LogP contribution in [-0.2, 0) is 4.84 Å². The Kier molecular flexibility index (Phi) is 2.13. The van der Waals surface area contributed by atoms with Crippen molar-refractivity contribution in [1.82, 2.24) is 0 Å². The summed E-state index contributed by atoms with van der Waals surface area (Å²) >= 11 is 3.47. The number of halogens is 1. The first-order chi connectivity index (χ1) is 5.88. The lowest BCUT2D eigenvalue weighted by Crippen LogP contribution is -2.08. The second-order valence-electron chi connectivity index (χ2n) is 2.64. The van der Waals surface area contributed by atoms with Gasteiger partial charge in [-0.3, -0.25) is 0 Å². The zero-order valence-corrected chi connectivity index (χ0v) is 7.94. The van der Waals surface area contributed by atoms with Crippen LogP contribution in [0.25, 0.3) is 0 Å². The lowest BCUT2D eigenvalue weighted by atomic mass is 10.1. The van der Waals surface area contributed by atoms with Crippen molar-refractivity contribution in [3.63, 3.8) is 0 Å². The maximum atomic E-state index is 5.17. The van der Waals surface area contributed by atoms with E-state index in [1.807, 2.05) is 30.3 Å². The summed E-state index contributed by atoms with van der Waals surface area (Å²) in [7, 11) is 0. The molecule has 0 radical (unpaired) electrons. The van der Waals surface area contributed by atoms with Gasteiger partial charge in [0.1, 0.15) is 0 Å². The molecule has 2 unspecified atom stereocenters. The fourth-order valence-corrected chi connectivity index (χ4v) is 1.68. The third-order valence-corrected chi connectivity index (χ3v) is 2.51. The first kappa shape index (κ1) is 7.80. The summed E-state index contributed by atoms with van der Waals surface area (Å²) in [5.41, 5.74) is 1.15. The largest absolute Gasteiger partial charge is 0.386 e. The molecular weight excluding hydrogens is 218 g/mol. The topological polar surface area (TPSA) is 21.6 Å². The summed E-state index contributed by atoms with van der Waals surface area (Å²) in [6.45, 7) is 0. The van der Waals surface area contributed by atoms with Crippen molar-refractivity contribution < 1.29 is 4.84 Å². The molecule has 2 rings (SSSR count). The molecule has 62 valence electrons. The number of oxime groups is 1. The quantitative estimate of drug-likeness (QED) is 0.674. The van der Waals surface area contributed by atoms with E-state index >= 15 is 0 Å². The highest BCUT2D eigenvalue weighted by Crippen LogP contribution is 2.29. The molecule has 0 fully saturated rings. The number of hydrogen-bond acceptors (Lipinski definition) is 2. The van der Waals surface area contributed by atoms with Crippen LogP contribution in [0.15, 0.2) is 35.5 Å². The molecule has 12 heavy (non-hydrogen) atoms. The monoisotopic (exact) mass is 225 g/mol. The van der Waals surface area contributed by atoms with Gasteiger partial charge in [-0.25, -0.2) is 0 Å². The molecule has 1 aliphatic rings. The summed E-state index contributed by atoms with van der Waals surface area (Å²) < 4.78 is 0. The maximum absolute atomic E-state index is 5.17. The smallest absolute Gasteiger partial charge is 0.170 e. The predicted octanol–water partition coefficient (Wildman–Crippen LogP) is 2.51. The number of benzene rings is 1. The summed E-state index contributed by atoms with van der Waals surface area (Å²) in [6.07, 6.45) is 1.80. The van der Waals surface area contributed by atoms with Gasteiger partial charge in [-0.1, -0.05) is 51.4 Å². The van der Waals surface area contributed by atoms with Gasteiger partial charge < -0.3 is 4.84 Å². The SMILES string of the molecule is BrC1C=NOC1c1ccccc1. The number of alkyl halides is 1. The van der Waals surface area contributed by atoms with Crippen molar-refractivity contribution in [2.24, 2.45) is 5.16 Å². The lowest BCUT2D eigenvalue weighted by molar-refractivity contribution is 0.0893. The maximum Gasteiger partial charge on any atom is 0.170 e. The van der Waals surface area contributed by atoms with E-state index in [9.17, 15) is 0 Å². The van der Waals surface area contributed by atoms with Crippen molar-refractivity contribution in [2.45, 2.75) is 10.9 Å². The molecule has 0 amide bonds. The highest BCUT2D eigenvalue weighted by atomic mass is 79.9. The van der Waals surface area contributed by atoms with Crippen LogP contribution in [0.4, 0.5) is 0 Å². The molecule has 1 heterocycles. The van der Waals surface area contributed by atoms with Gasteiger partial charge in [-0.2, -0.15) is 0 Å². The standard InChI is InChI=1S/C9H8BrNO/c10-8-6-11-12-9(8)7-4-2-1-3-5-7/h1-6,8-9H. The van der Waals surface area contributed by atoms with Crippen molar-refractivity contribution in [1.29, 1.82) is 0 Å². The third kappa shape index (κ3) is 1.37. The molecule has 3 heteroatoms. The average molecular weight is 226 g/mol. The van der Waals surface area contributed by atoms with E-state index in [2.05, 4.69) is 21.1 Å². The third-order valence-electron chi connectivity index (χ3n) is 1.80. The van der Waals surface area contributed by atoms with Gasteiger partial charge in [0.25, 0.3) is 0 Å². The minimum Gasteiger partial charge on any atom is -0.386 e. The fraction of sp³-hybridized carbons (Fsp3) is 0.222. The first-order valence-corrected chi connectivity index (χ1v) is 4.68. The van der Waals surface area contributed by atoms with E-state index in [0.717, 1.165) is 5.56 Å². The van der Waals surface area contributed by atoms with Gasteiger partial charge in [-0.05, 0) is 5.56 Å². The lowest BCUT2D eigenvalue weighted by Gasteiger charge is -2.10. The molecule has 0 spiro atoms. The summed E-state index contributed by atoms with van der Waals surface area (Å²) in [5, 5.41) is 3.75. The molecule has 0 aromatic heterocycles. The van der Waals surface area contributed by atoms with Crippen LogP contribution in [0.2, 0.25) is 0 Å². The Bertz CT molecular complexity index is 286. The normalized spacial score (nSPS) is 27.1. The molecule has 2 nitrogen and oxygen atoms in total. The second kappa shape index (κ2) is 3.27. The Labute approximate surface area is 79.4 Å². The molecule has 1 aromatic rings. The van der Waals surface area contributed by atoms with Gasteiger partial charge in [0, 0.05) is 0 Å². The Morgan fingerprint density at radius 2 is 2.00 bits per heavy atom. The number of hydrogen-bond donors (Lipinski definition) is 0. The molecule has 0 aliphatic carbocycles. The summed E-state index contributed by atoms with van der Waals surface area (Å²) in [5.74, 6) is 0. The molecular formula is C9H8BrNO. The molecule has 1 aromatic carbocycles. The van der Waals surface area contributed by atoms with Crippen molar-refractivity contribution in [2.75, 3.05) is 0 Å². The van der Waals surface area contributed by atoms with E-state index in [0.29, 0.717) is 0 Å². The second-order valence-corrected chi connectivity index (χ2v) is 3.69. The van der Waals surface area contributed by atoms with Crippen LogP contribution < -0.4 is 0 Å². The van der Waals surface area contributed by atoms with Gasteiger partial charge in [0.05, 0.1) is 11.0 Å². The predicted molar refractivity (Wildman–Crippen MR) is 51.5 cm³/mol. The molecule has 0 saturated heterocycles. The van der Waals surface area contributed by atoms with Crippen LogP contribution in [-0.4, -0.2) is 11.0 Å². The Morgan fingerprint density at radius 1 is 1.25 bits per heavy atom. The fourth-order valence-electron chi connectivity index (χ4n) is 1.18. The van der Waals surface area contributed by atoms with E-state index in [-0.39, 0.29) is 10.9 Å². The van der Waals surface area contributed by atoms with Crippen LogP contribution in [0, 0.1) is 0 Å². The van der Waals surface area contributed by atoms with E-state index in [4.69, 9.17) is 4.84 Å². The van der Waals surface area contributed by atoms with Crippen molar-refractivity contribution >= 4 is 22.1 Å².